The van der Waals surface area contributed by atoms with Crippen molar-refractivity contribution in [3.05, 3.63) is 47.5 Å². The van der Waals surface area contributed by atoms with Crippen LogP contribution in [-0.4, -0.2) is 45.4 Å². The molecule has 0 unspecified atom stereocenters. The van der Waals surface area contributed by atoms with Gasteiger partial charge in [-0.3, -0.25) is 4.79 Å². The Morgan fingerprint density at radius 3 is 2.29 bits per heavy atom. The molecule has 0 aliphatic carbocycles. The number of hydrogen-bond acceptors (Lipinski definition) is 5. The third-order valence-corrected chi connectivity index (χ3v) is 6.33. The van der Waals surface area contributed by atoms with Crippen molar-refractivity contribution in [3.8, 4) is 11.5 Å². The molecule has 0 heterocycles. The standard InChI is InChI=1S/C19H23ClN2O5S/c1-4-22(5-2)28(24,25)16-9-7-15(8-10-16)27-13-19(23)21-14-6-11-18(26-3)17(20)12-14/h6-12H,4-5,13H2,1-3H3,(H,21,23). The Balaban J connectivity index is 1.96. The Kier molecular flexibility index (Phi) is 7.68. The molecule has 152 valence electrons. The summed E-state index contributed by atoms with van der Waals surface area (Å²) >= 11 is 6.02. The van der Waals surface area contributed by atoms with Crippen LogP contribution in [0.25, 0.3) is 0 Å². The fourth-order valence-electron chi connectivity index (χ4n) is 2.51. The van der Waals surface area contributed by atoms with E-state index in [9.17, 15) is 13.2 Å². The second kappa shape index (κ2) is 9.77. The lowest BCUT2D eigenvalue weighted by atomic mass is 10.3. The van der Waals surface area contributed by atoms with Gasteiger partial charge in [0.2, 0.25) is 10.0 Å². The first kappa shape index (κ1) is 22.0. The highest BCUT2D eigenvalue weighted by atomic mass is 35.5. The molecule has 28 heavy (non-hydrogen) atoms. The lowest BCUT2D eigenvalue weighted by molar-refractivity contribution is -0.118. The molecular formula is C19H23ClN2O5S. The Morgan fingerprint density at radius 2 is 1.75 bits per heavy atom. The molecule has 2 aromatic carbocycles. The largest absolute Gasteiger partial charge is 0.495 e. The first-order valence-corrected chi connectivity index (χ1v) is 10.5. The number of nitrogens with one attached hydrogen (secondary N) is 1. The van der Waals surface area contributed by atoms with Crippen LogP contribution in [0.4, 0.5) is 5.69 Å². The van der Waals surface area contributed by atoms with Crippen LogP contribution in [0.3, 0.4) is 0 Å². The van der Waals surface area contributed by atoms with Crippen LogP contribution in [0.15, 0.2) is 47.4 Å². The number of halogens is 1. The van der Waals surface area contributed by atoms with Gasteiger partial charge in [0.1, 0.15) is 11.5 Å². The number of nitrogens with zero attached hydrogens (tertiary/aromatic N) is 1. The Labute approximate surface area is 170 Å². The van der Waals surface area contributed by atoms with E-state index in [0.29, 0.717) is 35.3 Å². The fourth-order valence-corrected chi connectivity index (χ4v) is 4.23. The van der Waals surface area contributed by atoms with E-state index in [1.165, 1.54) is 35.7 Å². The molecule has 0 atom stereocenters. The summed E-state index contributed by atoms with van der Waals surface area (Å²) in [7, 11) is -2.02. The summed E-state index contributed by atoms with van der Waals surface area (Å²) in [4.78, 5) is 12.2. The van der Waals surface area contributed by atoms with Crippen LogP contribution < -0.4 is 14.8 Å². The number of carbonyl (C=O) groups excluding carboxylic acids is 1. The van der Waals surface area contributed by atoms with Crippen molar-refractivity contribution in [2.75, 3.05) is 32.1 Å². The molecule has 7 nitrogen and oxygen atoms in total. The Hall–Kier alpha value is -2.29. The number of amides is 1. The molecule has 0 spiro atoms. The molecule has 0 bridgehead atoms. The maximum absolute atomic E-state index is 12.4. The fraction of sp³-hybridized carbons (Fsp3) is 0.316. The summed E-state index contributed by atoms with van der Waals surface area (Å²) in [5, 5.41) is 3.04. The van der Waals surface area contributed by atoms with E-state index in [-0.39, 0.29) is 17.4 Å². The zero-order valence-electron chi connectivity index (χ0n) is 15.9. The predicted octanol–water partition coefficient (Wildman–Crippen LogP) is 3.40. The highest BCUT2D eigenvalue weighted by Gasteiger charge is 2.21. The van der Waals surface area contributed by atoms with Gasteiger partial charge in [-0.15, -0.1) is 0 Å². The van der Waals surface area contributed by atoms with Crippen LogP contribution in [0.5, 0.6) is 11.5 Å². The number of methoxy groups -OCH3 is 1. The molecule has 0 radical (unpaired) electrons. The first-order chi connectivity index (χ1) is 13.3. The second-order valence-corrected chi connectivity index (χ2v) is 8.09. The number of benzene rings is 2. The van der Waals surface area contributed by atoms with Crippen LogP contribution in [0.1, 0.15) is 13.8 Å². The second-order valence-electron chi connectivity index (χ2n) is 5.75. The van der Waals surface area contributed by atoms with Gasteiger partial charge in [-0.05, 0) is 42.5 Å². The van der Waals surface area contributed by atoms with E-state index < -0.39 is 10.0 Å². The van der Waals surface area contributed by atoms with Gasteiger partial charge >= 0.3 is 0 Å². The molecule has 1 amide bonds. The molecule has 0 aromatic heterocycles. The van der Waals surface area contributed by atoms with Gasteiger partial charge in [0.05, 0.1) is 17.0 Å². The van der Waals surface area contributed by atoms with Gasteiger partial charge in [0, 0.05) is 18.8 Å². The summed E-state index contributed by atoms with van der Waals surface area (Å²) < 4.78 is 36.7. The number of ether oxygens (including phenoxy) is 2. The SMILES string of the molecule is CCN(CC)S(=O)(=O)c1ccc(OCC(=O)Nc2ccc(OC)c(Cl)c2)cc1. The van der Waals surface area contributed by atoms with E-state index in [1.807, 2.05) is 0 Å². The van der Waals surface area contributed by atoms with Crippen LogP contribution in [-0.2, 0) is 14.8 Å². The molecule has 0 aliphatic rings. The summed E-state index contributed by atoms with van der Waals surface area (Å²) in [5.41, 5.74) is 0.514. The zero-order chi connectivity index (χ0) is 20.7. The number of carbonyl (C=O) groups is 1. The average molecular weight is 427 g/mol. The van der Waals surface area contributed by atoms with Crippen molar-refractivity contribution < 1.29 is 22.7 Å². The molecule has 9 heteroatoms. The number of hydrogen-bond donors (Lipinski definition) is 1. The number of sulfonamides is 1. The summed E-state index contributed by atoms with van der Waals surface area (Å²) in [6.45, 7) is 4.13. The lowest BCUT2D eigenvalue weighted by Crippen LogP contribution is -2.30. The van der Waals surface area contributed by atoms with Gasteiger partial charge in [-0.2, -0.15) is 4.31 Å². The van der Waals surface area contributed by atoms with Gasteiger partial charge in [-0.1, -0.05) is 25.4 Å². The van der Waals surface area contributed by atoms with E-state index in [2.05, 4.69) is 5.32 Å². The average Bonchev–Trinajstić information content (AvgIpc) is 2.67. The molecule has 0 fully saturated rings. The van der Waals surface area contributed by atoms with Gasteiger partial charge < -0.3 is 14.8 Å². The van der Waals surface area contributed by atoms with Gasteiger partial charge in [-0.25, -0.2) is 8.42 Å². The zero-order valence-corrected chi connectivity index (χ0v) is 17.5. The molecule has 0 aliphatic heterocycles. The third kappa shape index (κ3) is 5.37. The van der Waals surface area contributed by atoms with Crippen molar-refractivity contribution in [3.63, 3.8) is 0 Å². The molecule has 0 saturated carbocycles. The maximum Gasteiger partial charge on any atom is 0.262 e. The van der Waals surface area contributed by atoms with Crippen molar-refractivity contribution in [2.45, 2.75) is 18.7 Å². The van der Waals surface area contributed by atoms with Crippen LogP contribution >= 0.6 is 11.6 Å². The smallest absolute Gasteiger partial charge is 0.262 e. The minimum atomic E-state index is -3.52. The van der Waals surface area contributed by atoms with Crippen molar-refractivity contribution >= 4 is 33.2 Å². The summed E-state index contributed by atoms with van der Waals surface area (Å²) in [5.74, 6) is 0.526. The Morgan fingerprint density at radius 1 is 1.11 bits per heavy atom. The predicted molar refractivity (Wildman–Crippen MR) is 109 cm³/mol. The summed E-state index contributed by atoms with van der Waals surface area (Å²) in [6.07, 6.45) is 0. The van der Waals surface area contributed by atoms with Crippen molar-refractivity contribution in [1.82, 2.24) is 4.31 Å². The van der Waals surface area contributed by atoms with Crippen molar-refractivity contribution in [1.29, 1.82) is 0 Å². The quantitative estimate of drug-likeness (QED) is 0.664. The van der Waals surface area contributed by atoms with E-state index >= 15 is 0 Å². The lowest BCUT2D eigenvalue weighted by Gasteiger charge is -2.18. The molecular weight excluding hydrogens is 404 g/mol. The summed E-state index contributed by atoms with van der Waals surface area (Å²) in [6, 6.07) is 10.9. The molecule has 2 rings (SSSR count). The highest BCUT2D eigenvalue weighted by Crippen LogP contribution is 2.27. The minimum Gasteiger partial charge on any atom is -0.495 e. The highest BCUT2D eigenvalue weighted by molar-refractivity contribution is 7.89. The monoisotopic (exact) mass is 426 g/mol. The first-order valence-electron chi connectivity index (χ1n) is 8.68. The minimum absolute atomic E-state index is 0.181. The molecule has 2 aromatic rings. The molecule has 1 N–H and O–H groups in total. The van der Waals surface area contributed by atoms with Crippen molar-refractivity contribution in [2.24, 2.45) is 0 Å². The van der Waals surface area contributed by atoms with Gasteiger partial charge in [0.25, 0.3) is 5.91 Å². The van der Waals surface area contributed by atoms with Gasteiger partial charge in [0.15, 0.2) is 6.61 Å². The number of anilines is 1. The van der Waals surface area contributed by atoms with E-state index in [4.69, 9.17) is 21.1 Å². The number of rotatable bonds is 9. The van der Waals surface area contributed by atoms with Crippen LogP contribution in [0.2, 0.25) is 5.02 Å². The third-order valence-electron chi connectivity index (χ3n) is 3.97. The normalized spacial score (nSPS) is 11.3. The van der Waals surface area contributed by atoms with E-state index in [1.54, 1.807) is 32.0 Å². The maximum atomic E-state index is 12.4. The molecule has 0 saturated heterocycles. The Bertz CT molecular complexity index is 912. The van der Waals surface area contributed by atoms with Crippen LogP contribution in [0, 0.1) is 0 Å². The van der Waals surface area contributed by atoms with E-state index in [0.717, 1.165) is 0 Å². The topological polar surface area (TPSA) is 84.9 Å².